The molecule has 8 heteroatoms. The van der Waals surface area contributed by atoms with E-state index in [1.54, 1.807) is 32.0 Å². The molecule has 1 aromatic heterocycles. The van der Waals surface area contributed by atoms with Gasteiger partial charge in [-0.3, -0.25) is 4.57 Å². The van der Waals surface area contributed by atoms with E-state index in [1.165, 1.54) is 17.4 Å². The topological polar surface area (TPSA) is 61.8 Å². The van der Waals surface area contributed by atoms with Gasteiger partial charge < -0.3 is 13.8 Å². The summed E-state index contributed by atoms with van der Waals surface area (Å²) in [5, 5.41) is 0.668. The summed E-state index contributed by atoms with van der Waals surface area (Å²) in [5.74, 6) is -2.34. The van der Waals surface area contributed by atoms with Crippen LogP contribution in [0.2, 0.25) is 0 Å². The van der Waals surface area contributed by atoms with Crippen LogP contribution in [0.5, 0.6) is 0 Å². The van der Waals surface area contributed by atoms with Gasteiger partial charge in [0, 0.05) is 4.70 Å². The third kappa shape index (κ3) is 5.11. The van der Waals surface area contributed by atoms with Gasteiger partial charge in [0.15, 0.2) is 0 Å². The van der Waals surface area contributed by atoms with Gasteiger partial charge in [0.05, 0.1) is 13.2 Å². The number of halogens is 1. The molecular formula is C21H22FO5PS. The summed E-state index contributed by atoms with van der Waals surface area (Å²) < 4.78 is 44.0. The van der Waals surface area contributed by atoms with E-state index in [2.05, 4.69) is 0 Å². The van der Waals surface area contributed by atoms with Crippen molar-refractivity contribution in [3.05, 3.63) is 70.6 Å². The maximum absolute atomic E-state index is 15.0. The van der Waals surface area contributed by atoms with Gasteiger partial charge in [-0.25, -0.2) is 9.18 Å². The summed E-state index contributed by atoms with van der Waals surface area (Å²) in [4.78, 5) is 12.8. The predicted molar refractivity (Wildman–Crippen MR) is 112 cm³/mol. The van der Waals surface area contributed by atoms with Gasteiger partial charge in [0.2, 0.25) is 5.91 Å². The first-order valence-corrected chi connectivity index (χ1v) is 11.7. The minimum absolute atomic E-state index is 0.0792. The minimum Gasteiger partial charge on any atom is -0.457 e. The smallest absolute Gasteiger partial charge is 0.369 e. The lowest BCUT2D eigenvalue weighted by Gasteiger charge is -2.20. The van der Waals surface area contributed by atoms with Crippen LogP contribution in [-0.4, -0.2) is 19.2 Å². The van der Waals surface area contributed by atoms with Crippen LogP contribution in [0.3, 0.4) is 0 Å². The van der Waals surface area contributed by atoms with E-state index in [-0.39, 0.29) is 25.4 Å². The van der Waals surface area contributed by atoms with Gasteiger partial charge in [-0.15, -0.1) is 11.3 Å². The van der Waals surface area contributed by atoms with Crippen LogP contribution < -0.4 is 0 Å². The molecule has 0 spiro atoms. The highest BCUT2D eigenvalue weighted by Crippen LogP contribution is 2.61. The molecule has 0 fully saturated rings. The quantitative estimate of drug-likeness (QED) is 0.283. The number of carbonyl (C=O) groups is 1. The zero-order chi connectivity index (χ0) is 20.9. The monoisotopic (exact) mass is 436 g/mol. The molecule has 0 aliphatic rings. The van der Waals surface area contributed by atoms with E-state index >= 15 is 0 Å². The Morgan fingerprint density at radius 3 is 2.41 bits per heavy atom. The molecule has 0 saturated heterocycles. The Kier molecular flexibility index (Phi) is 7.19. The molecule has 0 N–H and O–H groups in total. The molecule has 2 aromatic carbocycles. The molecule has 154 valence electrons. The van der Waals surface area contributed by atoms with E-state index in [0.29, 0.717) is 10.3 Å². The number of thiophene rings is 1. The molecule has 3 aromatic rings. The molecule has 0 aliphatic carbocycles. The van der Waals surface area contributed by atoms with Crippen LogP contribution in [0.1, 0.15) is 40.6 Å². The molecule has 29 heavy (non-hydrogen) atoms. The average molecular weight is 436 g/mol. The molecular weight excluding hydrogens is 414 g/mol. The summed E-state index contributed by atoms with van der Waals surface area (Å²) in [6.45, 7) is 3.60. The van der Waals surface area contributed by atoms with E-state index in [1.807, 2.05) is 30.3 Å². The van der Waals surface area contributed by atoms with Crippen molar-refractivity contribution in [2.24, 2.45) is 0 Å². The molecule has 1 atom stereocenters. The molecule has 0 amide bonds. The SMILES string of the molecule is CCOP(=O)(OCC)[C@H](F)c1ccc2sc(C(=O)OCc3ccccc3)cc2c1. The van der Waals surface area contributed by atoms with Crippen molar-refractivity contribution in [1.29, 1.82) is 0 Å². The molecule has 0 aliphatic heterocycles. The summed E-state index contributed by atoms with van der Waals surface area (Å²) in [6, 6.07) is 15.8. The van der Waals surface area contributed by atoms with Crippen LogP contribution in [0.25, 0.3) is 10.1 Å². The molecule has 3 rings (SSSR count). The van der Waals surface area contributed by atoms with Crippen LogP contribution in [0.15, 0.2) is 54.6 Å². The Labute approximate surface area is 172 Å². The Morgan fingerprint density at radius 2 is 1.76 bits per heavy atom. The molecule has 1 heterocycles. The summed E-state index contributed by atoms with van der Waals surface area (Å²) in [7, 11) is -3.92. The first kappa shape index (κ1) is 21.7. The van der Waals surface area contributed by atoms with Crippen LogP contribution in [-0.2, 0) is 25.0 Å². The van der Waals surface area contributed by atoms with Gasteiger partial charge in [-0.05, 0) is 48.6 Å². The van der Waals surface area contributed by atoms with Gasteiger partial charge in [-0.2, -0.15) is 0 Å². The fourth-order valence-corrected chi connectivity index (χ4v) is 5.33. The highest BCUT2D eigenvalue weighted by molar-refractivity contribution is 7.54. The molecule has 0 bridgehead atoms. The minimum atomic E-state index is -3.92. The fourth-order valence-electron chi connectivity index (χ4n) is 2.82. The van der Waals surface area contributed by atoms with Gasteiger partial charge in [0.1, 0.15) is 11.5 Å². The Bertz CT molecular complexity index is 1010. The Balaban J connectivity index is 1.78. The van der Waals surface area contributed by atoms with E-state index in [9.17, 15) is 13.8 Å². The Morgan fingerprint density at radius 1 is 1.07 bits per heavy atom. The maximum atomic E-state index is 15.0. The summed E-state index contributed by atoms with van der Waals surface area (Å²) >= 11 is 1.26. The molecule has 0 unspecified atom stereocenters. The maximum Gasteiger partial charge on any atom is 0.369 e. The van der Waals surface area contributed by atoms with Crippen molar-refractivity contribution in [3.8, 4) is 0 Å². The zero-order valence-corrected chi connectivity index (χ0v) is 17.9. The van der Waals surface area contributed by atoms with Crippen molar-refractivity contribution in [3.63, 3.8) is 0 Å². The highest BCUT2D eigenvalue weighted by atomic mass is 32.1. The first-order valence-electron chi connectivity index (χ1n) is 9.24. The van der Waals surface area contributed by atoms with Crippen LogP contribution in [0, 0.1) is 0 Å². The first-order chi connectivity index (χ1) is 14.0. The van der Waals surface area contributed by atoms with Crippen molar-refractivity contribution in [1.82, 2.24) is 0 Å². The van der Waals surface area contributed by atoms with E-state index in [4.69, 9.17) is 13.8 Å². The van der Waals surface area contributed by atoms with Gasteiger partial charge in [-0.1, -0.05) is 36.4 Å². The second-order valence-electron chi connectivity index (χ2n) is 6.18. The number of hydrogen-bond acceptors (Lipinski definition) is 6. The predicted octanol–water partition coefficient (Wildman–Crippen LogP) is 6.49. The third-order valence-corrected chi connectivity index (χ3v) is 7.31. The number of benzene rings is 2. The second-order valence-corrected chi connectivity index (χ2v) is 9.31. The molecule has 5 nitrogen and oxygen atoms in total. The van der Waals surface area contributed by atoms with E-state index in [0.717, 1.165) is 10.3 Å². The Hall–Kier alpha value is -2.05. The standard InChI is InChI=1S/C21H22FO5PS/c1-3-26-28(24,27-4-2)20(22)16-10-11-18-17(12-16)13-19(29-18)21(23)25-14-15-8-6-5-7-9-15/h5-13,20H,3-4,14H2,1-2H3/t20-/m0/s1. The fraction of sp³-hybridized carbons (Fsp3) is 0.286. The number of rotatable bonds is 9. The van der Waals surface area contributed by atoms with Crippen LogP contribution in [0.4, 0.5) is 4.39 Å². The number of esters is 1. The third-order valence-electron chi connectivity index (χ3n) is 4.13. The average Bonchev–Trinajstić information content (AvgIpc) is 3.16. The van der Waals surface area contributed by atoms with Crippen molar-refractivity contribution < 1.29 is 27.5 Å². The number of fused-ring (bicyclic) bond motifs is 1. The largest absolute Gasteiger partial charge is 0.457 e. The van der Waals surface area contributed by atoms with E-state index < -0.39 is 19.5 Å². The van der Waals surface area contributed by atoms with Gasteiger partial charge >= 0.3 is 13.6 Å². The summed E-state index contributed by atoms with van der Waals surface area (Å²) in [5.41, 5.74) is 1.08. The number of ether oxygens (including phenoxy) is 1. The zero-order valence-electron chi connectivity index (χ0n) is 16.2. The molecule has 0 saturated carbocycles. The summed E-state index contributed by atoms with van der Waals surface area (Å²) in [6.07, 6.45) is 0. The lowest BCUT2D eigenvalue weighted by molar-refractivity contribution is 0.0478. The van der Waals surface area contributed by atoms with Crippen LogP contribution >= 0.6 is 18.9 Å². The highest BCUT2D eigenvalue weighted by Gasteiger charge is 2.37. The van der Waals surface area contributed by atoms with Crippen molar-refractivity contribution >= 4 is 35.0 Å². The lowest BCUT2D eigenvalue weighted by Crippen LogP contribution is -2.03. The number of carbonyl (C=O) groups excluding carboxylic acids is 1. The van der Waals surface area contributed by atoms with Crippen molar-refractivity contribution in [2.75, 3.05) is 13.2 Å². The molecule has 0 radical (unpaired) electrons. The lowest BCUT2D eigenvalue weighted by atomic mass is 10.2. The number of alkyl halides is 1. The normalized spacial score (nSPS) is 12.8. The van der Waals surface area contributed by atoms with Crippen molar-refractivity contribution in [2.45, 2.75) is 26.4 Å². The number of hydrogen-bond donors (Lipinski definition) is 0. The van der Waals surface area contributed by atoms with Gasteiger partial charge in [0.25, 0.3) is 0 Å². The second kappa shape index (κ2) is 9.63.